The molecule has 0 radical (unpaired) electrons. The lowest BCUT2D eigenvalue weighted by Crippen LogP contribution is -2.37. The van der Waals surface area contributed by atoms with Gasteiger partial charge in [-0.1, -0.05) is 46.9 Å². The van der Waals surface area contributed by atoms with Gasteiger partial charge in [-0.25, -0.2) is 0 Å². The highest BCUT2D eigenvalue weighted by molar-refractivity contribution is 7.80. The van der Waals surface area contributed by atoms with E-state index in [4.69, 9.17) is 47.0 Å². The van der Waals surface area contributed by atoms with Crippen LogP contribution in [0.1, 0.15) is 12.0 Å². The molecule has 5 nitrogen and oxygen atoms in total. The number of nitrogens with zero attached hydrogens (tertiary/aromatic N) is 2. The molecule has 0 saturated carbocycles. The van der Waals surface area contributed by atoms with E-state index < -0.39 is 6.04 Å². The van der Waals surface area contributed by atoms with Crippen LogP contribution in [0.3, 0.4) is 0 Å². The standard InChI is InChI=1S/C24H18Cl3N3O2S/c25-16-3-1-15(2-4-16)14-29-21(13-22(31)28-19-9-5-17(26)6-10-19)23(32)30(24(29)33)20-11-7-18(27)8-12-20/h1-12,21H,13-14H2,(H,28,31). The summed E-state index contributed by atoms with van der Waals surface area (Å²) in [6.07, 6.45) is -0.0702. The summed E-state index contributed by atoms with van der Waals surface area (Å²) < 4.78 is 0. The molecule has 4 rings (SSSR count). The monoisotopic (exact) mass is 517 g/mol. The summed E-state index contributed by atoms with van der Waals surface area (Å²) in [6.45, 7) is 0.352. The Bertz CT molecular complexity index is 1190. The van der Waals surface area contributed by atoms with Crippen LogP contribution in [-0.2, 0) is 16.1 Å². The molecule has 1 N–H and O–H groups in total. The second-order valence-electron chi connectivity index (χ2n) is 7.46. The molecule has 1 saturated heterocycles. The molecule has 3 aromatic carbocycles. The Labute approximate surface area is 211 Å². The lowest BCUT2D eigenvalue weighted by molar-refractivity contribution is -0.124. The summed E-state index contributed by atoms with van der Waals surface area (Å²) in [6, 6.07) is 20.1. The highest BCUT2D eigenvalue weighted by atomic mass is 35.5. The first-order chi connectivity index (χ1) is 15.8. The molecule has 1 atom stereocenters. The minimum atomic E-state index is -0.767. The Kier molecular flexibility index (Phi) is 7.20. The molecule has 0 aromatic heterocycles. The Morgan fingerprint density at radius 1 is 0.848 bits per heavy atom. The molecular formula is C24H18Cl3N3O2S. The zero-order chi connectivity index (χ0) is 23.5. The van der Waals surface area contributed by atoms with Crippen molar-refractivity contribution in [1.82, 2.24) is 4.90 Å². The van der Waals surface area contributed by atoms with Crippen molar-refractivity contribution in [2.45, 2.75) is 19.0 Å². The number of thiocarbonyl (C=S) groups is 1. The smallest absolute Gasteiger partial charge is 0.256 e. The van der Waals surface area contributed by atoms with Gasteiger partial charge in [0, 0.05) is 27.3 Å². The summed E-state index contributed by atoms with van der Waals surface area (Å²) in [7, 11) is 0. The molecule has 1 aliphatic heterocycles. The van der Waals surface area contributed by atoms with E-state index in [9.17, 15) is 9.59 Å². The van der Waals surface area contributed by atoms with Crippen molar-refractivity contribution in [2.24, 2.45) is 0 Å². The highest BCUT2D eigenvalue weighted by Gasteiger charge is 2.44. The Morgan fingerprint density at radius 2 is 1.36 bits per heavy atom. The number of nitrogens with one attached hydrogen (secondary N) is 1. The fourth-order valence-corrected chi connectivity index (χ4v) is 4.31. The molecule has 1 aliphatic rings. The van der Waals surface area contributed by atoms with E-state index >= 15 is 0 Å². The van der Waals surface area contributed by atoms with E-state index in [0.717, 1.165) is 5.56 Å². The predicted octanol–water partition coefficient (Wildman–Crippen LogP) is 6.18. The second-order valence-corrected chi connectivity index (χ2v) is 9.14. The maximum atomic E-state index is 13.4. The van der Waals surface area contributed by atoms with Gasteiger partial charge >= 0.3 is 0 Å². The van der Waals surface area contributed by atoms with Crippen LogP contribution < -0.4 is 10.2 Å². The number of amides is 2. The first-order valence-corrected chi connectivity index (χ1v) is 11.6. The lowest BCUT2D eigenvalue weighted by atomic mass is 10.1. The van der Waals surface area contributed by atoms with Crippen molar-refractivity contribution < 1.29 is 9.59 Å². The number of rotatable bonds is 6. The molecule has 1 heterocycles. The third-order valence-corrected chi connectivity index (χ3v) is 6.35. The first kappa shape index (κ1) is 23.5. The summed E-state index contributed by atoms with van der Waals surface area (Å²) in [5.41, 5.74) is 2.10. The van der Waals surface area contributed by atoms with Gasteiger partial charge in [-0.15, -0.1) is 0 Å². The average molecular weight is 519 g/mol. The molecule has 1 unspecified atom stereocenters. The van der Waals surface area contributed by atoms with Crippen molar-refractivity contribution in [1.29, 1.82) is 0 Å². The summed E-state index contributed by atoms with van der Waals surface area (Å²) in [4.78, 5) is 29.5. The van der Waals surface area contributed by atoms with Crippen LogP contribution in [0, 0.1) is 0 Å². The SMILES string of the molecule is O=C(CC1C(=O)N(c2ccc(Cl)cc2)C(=S)N1Cc1ccc(Cl)cc1)Nc1ccc(Cl)cc1. The van der Waals surface area contributed by atoms with Gasteiger partial charge in [0.25, 0.3) is 5.91 Å². The van der Waals surface area contributed by atoms with E-state index in [-0.39, 0.29) is 18.2 Å². The second kappa shape index (κ2) is 10.1. The van der Waals surface area contributed by atoms with Crippen LogP contribution in [-0.4, -0.2) is 27.9 Å². The minimum absolute atomic E-state index is 0.0702. The highest BCUT2D eigenvalue weighted by Crippen LogP contribution is 2.30. The number of benzene rings is 3. The van der Waals surface area contributed by atoms with Gasteiger partial charge < -0.3 is 10.2 Å². The third-order valence-electron chi connectivity index (χ3n) is 5.18. The molecule has 0 aliphatic carbocycles. The number of anilines is 2. The van der Waals surface area contributed by atoms with Gasteiger partial charge in [-0.05, 0) is 78.4 Å². The third kappa shape index (κ3) is 5.47. The molecule has 2 amide bonds. The fraction of sp³-hybridized carbons (Fsp3) is 0.125. The Balaban J connectivity index is 1.59. The van der Waals surface area contributed by atoms with Crippen molar-refractivity contribution in [3.8, 4) is 0 Å². The maximum Gasteiger partial charge on any atom is 0.256 e. The van der Waals surface area contributed by atoms with Crippen LogP contribution in [0.25, 0.3) is 0 Å². The Morgan fingerprint density at radius 3 is 1.94 bits per heavy atom. The van der Waals surface area contributed by atoms with Crippen LogP contribution in [0.2, 0.25) is 15.1 Å². The van der Waals surface area contributed by atoms with Gasteiger partial charge in [-0.2, -0.15) is 0 Å². The molecule has 33 heavy (non-hydrogen) atoms. The largest absolute Gasteiger partial charge is 0.332 e. The molecule has 1 fully saturated rings. The first-order valence-electron chi connectivity index (χ1n) is 10.0. The average Bonchev–Trinajstić information content (AvgIpc) is 3.01. The summed E-state index contributed by atoms with van der Waals surface area (Å²) >= 11 is 23.6. The van der Waals surface area contributed by atoms with E-state index in [0.29, 0.717) is 38.1 Å². The fourth-order valence-electron chi connectivity index (χ4n) is 3.55. The molecule has 0 bridgehead atoms. The molecule has 3 aromatic rings. The van der Waals surface area contributed by atoms with Crippen LogP contribution in [0.5, 0.6) is 0 Å². The molecule has 9 heteroatoms. The van der Waals surface area contributed by atoms with Crippen LogP contribution in [0.15, 0.2) is 72.8 Å². The lowest BCUT2D eigenvalue weighted by Gasteiger charge is -2.24. The topological polar surface area (TPSA) is 52.7 Å². The van der Waals surface area contributed by atoms with Gasteiger partial charge in [0.1, 0.15) is 6.04 Å². The predicted molar refractivity (Wildman–Crippen MR) is 137 cm³/mol. The van der Waals surface area contributed by atoms with Gasteiger partial charge in [0.2, 0.25) is 5.91 Å². The quantitative estimate of drug-likeness (QED) is 0.396. The van der Waals surface area contributed by atoms with E-state index in [1.54, 1.807) is 65.6 Å². The summed E-state index contributed by atoms with van der Waals surface area (Å²) in [5.74, 6) is -0.583. The van der Waals surface area contributed by atoms with Crippen molar-refractivity contribution in [3.63, 3.8) is 0 Å². The van der Waals surface area contributed by atoms with Crippen LogP contribution in [0.4, 0.5) is 11.4 Å². The van der Waals surface area contributed by atoms with Crippen molar-refractivity contribution in [2.75, 3.05) is 10.2 Å². The summed E-state index contributed by atoms with van der Waals surface area (Å²) in [5, 5.41) is 4.86. The van der Waals surface area contributed by atoms with Gasteiger partial charge in [0.05, 0.1) is 12.1 Å². The van der Waals surface area contributed by atoms with E-state index in [1.807, 2.05) is 12.1 Å². The minimum Gasteiger partial charge on any atom is -0.332 e. The number of hydrogen-bond donors (Lipinski definition) is 1. The Hall–Kier alpha value is -2.64. The zero-order valence-electron chi connectivity index (χ0n) is 17.2. The number of halogens is 3. The van der Waals surface area contributed by atoms with Crippen molar-refractivity contribution >= 4 is 75.3 Å². The normalized spacial score (nSPS) is 15.8. The van der Waals surface area contributed by atoms with E-state index in [1.165, 1.54) is 4.90 Å². The number of carbonyl (C=O) groups excluding carboxylic acids is 2. The van der Waals surface area contributed by atoms with Crippen LogP contribution >= 0.6 is 47.0 Å². The van der Waals surface area contributed by atoms with E-state index in [2.05, 4.69) is 5.32 Å². The van der Waals surface area contributed by atoms with Gasteiger partial charge in [-0.3, -0.25) is 14.5 Å². The number of carbonyl (C=O) groups is 2. The maximum absolute atomic E-state index is 13.4. The molecule has 168 valence electrons. The van der Waals surface area contributed by atoms with Crippen molar-refractivity contribution in [3.05, 3.63) is 93.4 Å². The zero-order valence-corrected chi connectivity index (χ0v) is 20.3. The molecule has 0 spiro atoms. The molecular weight excluding hydrogens is 501 g/mol. The van der Waals surface area contributed by atoms with Gasteiger partial charge in [0.15, 0.2) is 5.11 Å². The number of hydrogen-bond acceptors (Lipinski definition) is 3.